The number of nitrogens with zero attached hydrogens (tertiary/aromatic N) is 3. The van der Waals surface area contributed by atoms with E-state index in [2.05, 4.69) is 26.9 Å². The molecule has 5 rings (SSSR count). The van der Waals surface area contributed by atoms with E-state index >= 15 is 0 Å². The first-order valence-corrected chi connectivity index (χ1v) is 11.0. The molecule has 0 fully saturated rings. The van der Waals surface area contributed by atoms with Crippen LogP contribution in [0.5, 0.6) is 0 Å². The molecule has 6 heteroatoms. The summed E-state index contributed by atoms with van der Waals surface area (Å²) >= 11 is 0. The standard InChI is InChI=1S/C27H26N5O/c1-28-32(31-23-7-3-2-4-8-23)25-10-6-5-9-24(25)27(26(32)33,19-21-11-15-29-16-12-21)20-22-13-17-30-18-14-22/h2-18,28,31H,19-20H2,1H3/q+1. The smallest absolute Gasteiger partial charge is 0.265 e. The first kappa shape index (κ1) is 21.0. The molecule has 0 bridgehead atoms. The fourth-order valence-electron chi connectivity index (χ4n) is 4.91. The molecule has 0 radical (unpaired) electrons. The number of hydrogen-bond donors (Lipinski definition) is 2. The van der Waals surface area contributed by atoms with Crippen LogP contribution in [-0.2, 0) is 23.1 Å². The van der Waals surface area contributed by atoms with Crippen LogP contribution in [0.2, 0.25) is 0 Å². The van der Waals surface area contributed by atoms with Gasteiger partial charge in [-0.05, 0) is 60.4 Å². The summed E-state index contributed by atoms with van der Waals surface area (Å²) in [6.07, 6.45) is 8.25. The Kier molecular flexibility index (Phi) is 5.46. The van der Waals surface area contributed by atoms with Gasteiger partial charge in [0, 0.05) is 43.5 Å². The minimum Gasteiger partial charge on any atom is -0.265 e. The van der Waals surface area contributed by atoms with Crippen molar-refractivity contribution in [2.45, 2.75) is 18.3 Å². The van der Waals surface area contributed by atoms with Crippen molar-refractivity contribution in [2.75, 3.05) is 12.5 Å². The third-order valence-corrected chi connectivity index (χ3v) is 6.41. The molecule has 1 aliphatic heterocycles. The molecule has 0 saturated heterocycles. The summed E-state index contributed by atoms with van der Waals surface area (Å²) in [4.78, 5) is 23.0. The van der Waals surface area contributed by atoms with Gasteiger partial charge in [0.05, 0.1) is 5.69 Å². The summed E-state index contributed by atoms with van der Waals surface area (Å²) in [7, 11) is 1.82. The van der Waals surface area contributed by atoms with E-state index < -0.39 is 5.41 Å². The summed E-state index contributed by atoms with van der Waals surface area (Å²) in [6.45, 7) is 0. The number of carbonyl (C=O) groups is 1. The topological polar surface area (TPSA) is 66.9 Å². The highest BCUT2D eigenvalue weighted by Crippen LogP contribution is 2.48. The minimum atomic E-state index is -0.788. The van der Waals surface area contributed by atoms with E-state index in [4.69, 9.17) is 0 Å². The van der Waals surface area contributed by atoms with Crippen LogP contribution in [0.3, 0.4) is 0 Å². The third kappa shape index (κ3) is 3.59. The number of nitrogens with one attached hydrogen (secondary N) is 2. The number of aromatic nitrogens is 2. The molecule has 1 atom stereocenters. The van der Waals surface area contributed by atoms with Crippen LogP contribution in [0, 0.1) is 0 Å². The van der Waals surface area contributed by atoms with Crippen LogP contribution in [0.4, 0.5) is 11.4 Å². The summed E-state index contributed by atoms with van der Waals surface area (Å²) < 4.78 is -0.170. The second-order valence-corrected chi connectivity index (χ2v) is 8.34. The van der Waals surface area contributed by atoms with Crippen LogP contribution in [0.15, 0.2) is 104 Å². The van der Waals surface area contributed by atoms with Gasteiger partial charge in [0.15, 0.2) is 5.69 Å². The Morgan fingerprint density at radius 3 is 1.88 bits per heavy atom. The SMILES string of the molecule is CN[N+]1(Nc2ccccc2)C(=O)C(Cc2ccncc2)(Cc2ccncc2)c2ccccc21. The lowest BCUT2D eigenvalue weighted by atomic mass is 9.72. The number of pyridine rings is 2. The number of rotatable bonds is 7. The van der Waals surface area contributed by atoms with E-state index in [0.29, 0.717) is 12.8 Å². The lowest BCUT2D eigenvalue weighted by Crippen LogP contribution is -2.67. The van der Waals surface area contributed by atoms with Crippen molar-refractivity contribution in [1.29, 1.82) is 0 Å². The number of anilines is 1. The van der Waals surface area contributed by atoms with Gasteiger partial charge >= 0.3 is 5.91 Å². The predicted octanol–water partition coefficient (Wildman–Crippen LogP) is 4.21. The molecule has 1 aliphatic rings. The Balaban J connectivity index is 1.70. The molecule has 1 unspecified atom stereocenters. The zero-order valence-corrected chi connectivity index (χ0v) is 18.5. The summed E-state index contributed by atoms with van der Waals surface area (Å²) in [5, 5.41) is 0. The highest BCUT2D eigenvalue weighted by atomic mass is 16.2. The maximum Gasteiger partial charge on any atom is 0.374 e. The van der Waals surface area contributed by atoms with Crippen molar-refractivity contribution in [1.82, 2.24) is 20.1 Å². The van der Waals surface area contributed by atoms with Crippen molar-refractivity contribution in [3.63, 3.8) is 0 Å². The van der Waals surface area contributed by atoms with Gasteiger partial charge in [-0.3, -0.25) is 9.97 Å². The summed E-state index contributed by atoms with van der Waals surface area (Å²) in [5.74, 6) is 0.0451. The van der Waals surface area contributed by atoms with Gasteiger partial charge in [0.2, 0.25) is 0 Å². The zero-order valence-electron chi connectivity index (χ0n) is 18.5. The average Bonchev–Trinajstić information content (AvgIpc) is 3.06. The van der Waals surface area contributed by atoms with E-state index in [-0.39, 0.29) is 10.6 Å². The monoisotopic (exact) mass is 436 g/mol. The molecule has 0 spiro atoms. The van der Waals surface area contributed by atoms with E-state index in [9.17, 15) is 4.79 Å². The Morgan fingerprint density at radius 2 is 1.30 bits per heavy atom. The number of carbonyl (C=O) groups excluding carboxylic acids is 1. The second-order valence-electron chi connectivity index (χ2n) is 8.34. The first-order valence-electron chi connectivity index (χ1n) is 11.0. The molecule has 6 nitrogen and oxygen atoms in total. The van der Waals surface area contributed by atoms with Crippen LogP contribution < -0.4 is 15.6 Å². The lowest BCUT2D eigenvalue weighted by Gasteiger charge is -2.33. The van der Waals surface area contributed by atoms with Crippen molar-refractivity contribution in [2.24, 2.45) is 0 Å². The molecule has 0 saturated carbocycles. The lowest BCUT2D eigenvalue weighted by molar-refractivity contribution is -0.135. The molecule has 1 amide bonds. The van der Waals surface area contributed by atoms with Gasteiger partial charge in [0.25, 0.3) is 0 Å². The molecule has 2 aromatic heterocycles. The summed E-state index contributed by atoms with van der Waals surface area (Å²) in [6, 6.07) is 25.9. The van der Waals surface area contributed by atoms with Gasteiger partial charge in [-0.25, -0.2) is 10.2 Å². The van der Waals surface area contributed by atoms with Crippen LogP contribution in [0.1, 0.15) is 16.7 Å². The first-order chi connectivity index (χ1) is 16.2. The molecule has 164 valence electrons. The van der Waals surface area contributed by atoms with E-state index in [1.54, 1.807) is 24.8 Å². The molecular weight excluding hydrogens is 410 g/mol. The van der Waals surface area contributed by atoms with Crippen LogP contribution >= 0.6 is 0 Å². The number of para-hydroxylation sites is 2. The van der Waals surface area contributed by atoms with E-state index in [1.165, 1.54) is 0 Å². The molecule has 3 heterocycles. The Morgan fingerprint density at radius 1 is 0.758 bits per heavy atom. The maximum atomic E-state index is 14.7. The normalized spacial score (nSPS) is 18.6. The van der Waals surface area contributed by atoms with Crippen LogP contribution in [0.25, 0.3) is 0 Å². The number of hydrogen-bond acceptors (Lipinski definition) is 5. The Labute approximate surface area is 193 Å². The van der Waals surface area contributed by atoms with E-state index in [0.717, 1.165) is 28.1 Å². The van der Waals surface area contributed by atoms with Crippen molar-refractivity contribution < 1.29 is 4.79 Å². The van der Waals surface area contributed by atoms with Gasteiger partial charge in [-0.2, -0.15) is 0 Å². The van der Waals surface area contributed by atoms with Gasteiger partial charge < -0.3 is 0 Å². The number of amides is 1. The molecule has 2 N–H and O–H groups in total. The van der Waals surface area contributed by atoms with E-state index in [1.807, 2.05) is 79.8 Å². The van der Waals surface area contributed by atoms with Gasteiger partial charge in [-0.1, -0.05) is 41.1 Å². The number of quaternary nitrogens is 1. The Hall–Kier alpha value is -3.87. The van der Waals surface area contributed by atoms with Crippen molar-refractivity contribution in [3.05, 3.63) is 120 Å². The molecular formula is C27H26N5O+. The fourth-order valence-corrected chi connectivity index (χ4v) is 4.91. The highest BCUT2D eigenvalue weighted by Gasteiger charge is 2.63. The number of benzene rings is 2. The molecule has 4 aromatic rings. The van der Waals surface area contributed by atoms with Crippen molar-refractivity contribution >= 4 is 17.3 Å². The minimum absolute atomic E-state index is 0.0451. The quantitative estimate of drug-likeness (QED) is 0.425. The maximum absolute atomic E-state index is 14.7. The number of fused-ring (bicyclic) bond motifs is 1. The van der Waals surface area contributed by atoms with Crippen molar-refractivity contribution in [3.8, 4) is 0 Å². The Bertz CT molecular complexity index is 1210. The highest BCUT2D eigenvalue weighted by molar-refractivity contribution is 6.05. The predicted molar refractivity (Wildman–Crippen MR) is 130 cm³/mol. The molecule has 33 heavy (non-hydrogen) atoms. The molecule has 2 aromatic carbocycles. The third-order valence-electron chi connectivity index (χ3n) is 6.41. The van der Waals surface area contributed by atoms with Gasteiger partial charge in [0.1, 0.15) is 5.41 Å². The van der Waals surface area contributed by atoms with Gasteiger partial charge in [-0.15, -0.1) is 5.43 Å². The summed E-state index contributed by atoms with van der Waals surface area (Å²) in [5.41, 5.74) is 10.9. The second kappa shape index (κ2) is 8.58. The van der Waals surface area contributed by atoms with Crippen LogP contribution in [-0.4, -0.2) is 22.9 Å². The largest absolute Gasteiger partial charge is 0.374 e. The average molecular weight is 437 g/mol. The molecule has 0 aliphatic carbocycles. The fraction of sp³-hybridized carbons (Fsp3) is 0.148. The zero-order chi connectivity index (χ0) is 22.7.